The first-order chi connectivity index (χ1) is 20.2. The Balaban J connectivity index is 1.22. The number of nitrogens with two attached hydrogens (primary N) is 1. The maximum absolute atomic E-state index is 12.7. The lowest BCUT2D eigenvalue weighted by atomic mass is 9.98. The van der Waals surface area contributed by atoms with Gasteiger partial charge in [0.05, 0.1) is 0 Å². The van der Waals surface area contributed by atoms with Gasteiger partial charge in [0.15, 0.2) is 0 Å². The molecule has 0 spiro atoms. The average Bonchev–Trinajstić information content (AvgIpc) is 3.44. The number of rotatable bonds is 9. The Kier molecular flexibility index (Phi) is 8.44. The van der Waals surface area contributed by atoms with Gasteiger partial charge >= 0.3 is 6.36 Å². The molecule has 2 aliphatic rings. The molecule has 2 N–H and O–H groups in total. The average molecular weight is 618 g/mol. The fourth-order valence-electron chi connectivity index (χ4n) is 6.57. The summed E-state index contributed by atoms with van der Waals surface area (Å²) in [5.74, 6) is 0.364. The molecule has 6 rings (SSSR count). The van der Waals surface area contributed by atoms with Crippen LogP contribution in [-0.2, 0) is 19.6 Å². The minimum atomic E-state index is -4.72. The Bertz CT molecular complexity index is 1540. The number of alkyl halides is 3. The van der Waals surface area contributed by atoms with Crippen LogP contribution in [0, 0.1) is 5.92 Å². The van der Waals surface area contributed by atoms with Crippen LogP contribution in [0.3, 0.4) is 0 Å². The molecule has 0 saturated carbocycles. The van der Waals surface area contributed by atoms with Gasteiger partial charge in [-0.25, -0.2) is 0 Å². The molecule has 2 atom stereocenters. The van der Waals surface area contributed by atoms with Crippen LogP contribution in [-0.4, -0.2) is 53.0 Å². The number of likely N-dealkylation sites (tertiary alicyclic amines) is 2. The summed E-state index contributed by atoms with van der Waals surface area (Å²) in [7, 11) is 0. The summed E-state index contributed by atoms with van der Waals surface area (Å²) in [5.41, 5.74) is 10.9. The van der Waals surface area contributed by atoms with Crippen molar-refractivity contribution in [1.82, 2.24) is 14.4 Å². The van der Waals surface area contributed by atoms with Gasteiger partial charge in [-0.1, -0.05) is 47.5 Å². The number of halogens is 5. The predicted molar refractivity (Wildman–Crippen MR) is 162 cm³/mol. The van der Waals surface area contributed by atoms with Crippen molar-refractivity contribution in [2.45, 2.75) is 44.9 Å². The van der Waals surface area contributed by atoms with E-state index < -0.39 is 6.36 Å². The number of hydrogen-bond donors (Lipinski definition) is 1. The highest BCUT2D eigenvalue weighted by Crippen LogP contribution is 2.36. The van der Waals surface area contributed by atoms with E-state index >= 15 is 0 Å². The predicted octanol–water partition coefficient (Wildman–Crippen LogP) is 7.57. The first-order valence-corrected chi connectivity index (χ1v) is 15.0. The molecule has 0 radical (unpaired) electrons. The molecule has 2 fully saturated rings. The third-order valence-corrected chi connectivity index (χ3v) is 9.08. The zero-order valence-corrected chi connectivity index (χ0v) is 24.6. The molecule has 0 aliphatic carbocycles. The van der Waals surface area contributed by atoms with Gasteiger partial charge < -0.3 is 15.0 Å². The molecular weight excluding hydrogens is 584 g/mol. The van der Waals surface area contributed by atoms with Crippen LogP contribution in [0.25, 0.3) is 22.0 Å². The summed E-state index contributed by atoms with van der Waals surface area (Å²) in [6, 6.07) is 18.8. The lowest BCUT2D eigenvalue weighted by Gasteiger charge is -2.33. The summed E-state index contributed by atoms with van der Waals surface area (Å²) < 4.78 is 44.3. The van der Waals surface area contributed by atoms with Crippen LogP contribution < -0.4 is 10.5 Å². The summed E-state index contributed by atoms with van der Waals surface area (Å²) in [6.45, 7) is 5.97. The van der Waals surface area contributed by atoms with E-state index in [1.54, 1.807) is 12.1 Å². The van der Waals surface area contributed by atoms with Gasteiger partial charge in [0.2, 0.25) is 0 Å². The van der Waals surface area contributed by atoms with Crippen molar-refractivity contribution in [3.8, 4) is 16.9 Å². The standard InChI is InChI=1S/C32H33Cl2F3N4O/c33-29-3-1-4-30(34)28(29)20-41-17-22-13-24(41)18-39(16-22)15-21-5-10-31-26(14-21)27(19-40(31)12-2-11-38)23-6-8-25(9-7-23)42-32(35,36)37/h1,3-10,14,19,22,24H,2,11-13,15-18,20,38H2. The van der Waals surface area contributed by atoms with Crippen LogP contribution >= 0.6 is 23.2 Å². The maximum atomic E-state index is 12.7. The summed E-state index contributed by atoms with van der Waals surface area (Å²) in [6.07, 6.45) is -0.639. The zero-order valence-electron chi connectivity index (χ0n) is 23.1. The van der Waals surface area contributed by atoms with Gasteiger partial charge in [0, 0.05) is 83.6 Å². The van der Waals surface area contributed by atoms with Gasteiger partial charge in [0.1, 0.15) is 5.75 Å². The van der Waals surface area contributed by atoms with Crippen LogP contribution in [0.5, 0.6) is 5.75 Å². The van der Waals surface area contributed by atoms with E-state index in [-0.39, 0.29) is 5.75 Å². The van der Waals surface area contributed by atoms with Crippen molar-refractivity contribution >= 4 is 34.1 Å². The molecule has 3 aromatic carbocycles. The van der Waals surface area contributed by atoms with Crippen LogP contribution in [0.4, 0.5) is 13.2 Å². The van der Waals surface area contributed by atoms with Crippen molar-refractivity contribution in [3.05, 3.63) is 88.0 Å². The third kappa shape index (κ3) is 6.43. The highest BCUT2D eigenvalue weighted by atomic mass is 35.5. The van der Waals surface area contributed by atoms with Crippen molar-refractivity contribution in [2.75, 3.05) is 26.2 Å². The number of hydrogen-bond acceptors (Lipinski definition) is 4. The third-order valence-electron chi connectivity index (χ3n) is 8.38. The van der Waals surface area contributed by atoms with E-state index in [1.807, 2.05) is 18.2 Å². The second-order valence-electron chi connectivity index (χ2n) is 11.4. The minimum absolute atomic E-state index is 0.232. The highest BCUT2D eigenvalue weighted by molar-refractivity contribution is 6.35. The van der Waals surface area contributed by atoms with Gasteiger partial charge in [0.25, 0.3) is 0 Å². The highest BCUT2D eigenvalue weighted by Gasteiger charge is 2.38. The number of ether oxygens (including phenoxy) is 1. The lowest BCUT2D eigenvalue weighted by molar-refractivity contribution is -0.274. The van der Waals surface area contributed by atoms with Crippen molar-refractivity contribution < 1.29 is 17.9 Å². The zero-order chi connectivity index (χ0) is 29.4. The molecule has 2 aliphatic heterocycles. The molecule has 2 bridgehead atoms. The molecule has 0 amide bonds. The lowest BCUT2D eigenvalue weighted by Crippen LogP contribution is -2.41. The minimum Gasteiger partial charge on any atom is -0.406 e. The van der Waals surface area contributed by atoms with Crippen molar-refractivity contribution in [2.24, 2.45) is 11.7 Å². The molecule has 10 heteroatoms. The number of fused-ring (bicyclic) bond motifs is 3. The normalized spacial score (nSPS) is 19.6. The second-order valence-corrected chi connectivity index (χ2v) is 12.2. The largest absolute Gasteiger partial charge is 0.573 e. The monoisotopic (exact) mass is 616 g/mol. The van der Waals surface area contributed by atoms with Crippen LogP contribution in [0.15, 0.2) is 66.9 Å². The van der Waals surface area contributed by atoms with E-state index in [1.165, 1.54) is 24.1 Å². The smallest absolute Gasteiger partial charge is 0.406 e. The van der Waals surface area contributed by atoms with E-state index in [0.717, 1.165) is 73.3 Å². The Morgan fingerprint density at radius 1 is 0.929 bits per heavy atom. The summed E-state index contributed by atoms with van der Waals surface area (Å²) in [4.78, 5) is 5.05. The van der Waals surface area contributed by atoms with Crippen molar-refractivity contribution in [3.63, 3.8) is 0 Å². The van der Waals surface area contributed by atoms with Gasteiger partial charge in [-0.15, -0.1) is 13.2 Å². The van der Waals surface area contributed by atoms with Crippen molar-refractivity contribution in [1.29, 1.82) is 0 Å². The Labute approximate surface area is 253 Å². The molecule has 2 unspecified atom stereocenters. The first kappa shape index (κ1) is 29.3. The molecule has 3 heterocycles. The van der Waals surface area contributed by atoms with Gasteiger partial charge in [-0.3, -0.25) is 9.80 Å². The molecule has 4 aromatic rings. The van der Waals surface area contributed by atoms with Gasteiger partial charge in [-0.2, -0.15) is 0 Å². The first-order valence-electron chi connectivity index (χ1n) is 14.2. The topological polar surface area (TPSA) is 46.7 Å². The van der Waals surface area contributed by atoms with Crippen LogP contribution in [0.1, 0.15) is 24.0 Å². The summed E-state index contributed by atoms with van der Waals surface area (Å²) in [5, 5.41) is 2.50. The number of aryl methyl sites for hydroxylation is 1. The fourth-order valence-corrected chi connectivity index (χ4v) is 7.09. The molecule has 42 heavy (non-hydrogen) atoms. The molecule has 5 nitrogen and oxygen atoms in total. The SMILES string of the molecule is NCCCn1cc(-c2ccc(OC(F)(F)F)cc2)c2cc(CN3CC4CC(C3)N(Cc3c(Cl)cccc3Cl)C4)ccc21. The molecule has 222 valence electrons. The molecular formula is C32H33Cl2F3N4O. The maximum Gasteiger partial charge on any atom is 0.573 e. The number of nitrogens with zero attached hydrogens (tertiary/aromatic N) is 3. The summed E-state index contributed by atoms with van der Waals surface area (Å²) >= 11 is 12.9. The Morgan fingerprint density at radius 3 is 2.40 bits per heavy atom. The second kappa shape index (κ2) is 12.1. The van der Waals surface area contributed by atoms with E-state index in [0.29, 0.717) is 28.5 Å². The van der Waals surface area contributed by atoms with E-state index in [9.17, 15) is 13.2 Å². The quantitative estimate of drug-likeness (QED) is 0.211. The molecule has 1 aromatic heterocycles. The Morgan fingerprint density at radius 2 is 1.69 bits per heavy atom. The number of piperidine rings is 1. The molecule has 2 saturated heterocycles. The fraction of sp³-hybridized carbons (Fsp3) is 0.375. The Hall–Kier alpha value is -2.75. The van der Waals surface area contributed by atoms with Gasteiger partial charge in [-0.05, 0) is 72.8 Å². The van der Waals surface area contributed by atoms with E-state index in [2.05, 4.69) is 43.5 Å². The van der Waals surface area contributed by atoms with Crippen LogP contribution in [0.2, 0.25) is 10.0 Å². The number of aromatic nitrogens is 1. The number of benzene rings is 3. The van der Waals surface area contributed by atoms with E-state index in [4.69, 9.17) is 28.9 Å².